The molecule has 0 aromatic rings. The van der Waals surface area contributed by atoms with Gasteiger partial charge in [-0.3, -0.25) is 9.59 Å². The number of allylic oxidation sites excluding steroid dienone is 6. The van der Waals surface area contributed by atoms with Crippen LogP contribution in [0.25, 0.3) is 0 Å². The Hall–Kier alpha value is -1.70. The van der Waals surface area contributed by atoms with Gasteiger partial charge in [-0.05, 0) is 50.5 Å². The Morgan fingerprint density at radius 2 is 1.95 bits per heavy atom. The zero-order valence-corrected chi connectivity index (χ0v) is 12.9. The van der Waals surface area contributed by atoms with E-state index in [0.29, 0.717) is 18.8 Å². The standard InChI is InChI=1S/C19H22O2/c1-10(2)13-6-5-11(3)17-15(13)9-12(4)19(21)14-7-8-16(20)18(14)17/h9,13,15,17H,1,3,5-8H2,2,4H3/t13?,15-,17?/m1/s1. The minimum atomic E-state index is 0.0202. The molecule has 0 bridgehead atoms. The molecule has 0 radical (unpaired) electrons. The number of rotatable bonds is 1. The van der Waals surface area contributed by atoms with Gasteiger partial charge in [-0.1, -0.05) is 30.4 Å². The lowest BCUT2D eigenvalue weighted by Crippen LogP contribution is -2.31. The molecule has 0 aromatic heterocycles. The van der Waals surface area contributed by atoms with Crippen molar-refractivity contribution in [3.8, 4) is 0 Å². The van der Waals surface area contributed by atoms with Crippen molar-refractivity contribution in [3.63, 3.8) is 0 Å². The first-order valence-corrected chi connectivity index (χ1v) is 7.74. The van der Waals surface area contributed by atoms with Crippen LogP contribution < -0.4 is 0 Å². The third-order valence-electron chi connectivity index (χ3n) is 5.31. The summed E-state index contributed by atoms with van der Waals surface area (Å²) >= 11 is 0. The second-order valence-electron chi connectivity index (χ2n) is 6.70. The van der Waals surface area contributed by atoms with Crippen molar-refractivity contribution in [2.24, 2.45) is 17.8 Å². The van der Waals surface area contributed by atoms with Crippen molar-refractivity contribution in [2.75, 3.05) is 0 Å². The Bertz CT molecular complexity index is 630. The predicted molar refractivity (Wildman–Crippen MR) is 83.7 cm³/mol. The Morgan fingerprint density at radius 1 is 1.24 bits per heavy atom. The predicted octanol–water partition coefficient (Wildman–Crippen LogP) is 3.95. The molecule has 0 aromatic carbocycles. The monoisotopic (exact) mass is 282 g/mol. The van der Waals surface area contributed by atoms with Crippen LogP contribution in [-0.2, 0) is 9.59 Å². The molecule has 2 heteroatoms. The van der Waals surface area contributed by atoms with Gasteiger partial charge in [0.05, 0.1) is 0 Å². The van der Waals surface area contributed by atoms with E-state index in [1.165, 1.54) is 0 Å². The van der Waals surface area contributed by atoms with Crippen molar-refractivity contribution in [2.45, 2.75) is 39.5 Å². The number of hydrogen-bond acceptors (Lipinski definition) is 2. The number of Topliss-reactive ketones (excluding diaryl/α,β-unsaturated/α-hetero) is 2. The van der Waals surface area contributed by atoms with E-state index < -0.39 is 0 Å². The van der Waals surface area contributed by atoms with Crippen molar-refractivity contribution in [1.82, 2.24) is 0 Å². The summed E-state index contributed by atoms with van der Waals surface area (Å²) in [4.78, 5) is 25.0. The molecule has 0 N–H and O–H groups in total. The smallest absolute Gasteiger partial charge is 0.184 e. The molecule has 3 aliphatic carbocycles. The van der Waals surface area contributed by atoms with E-state index in [0.717, 1.165) is 40.7 Å². The quantitative estimate of drug-likeness (QED) is 0.682. The number of carbonyl (C=O) groups is 2. The second kappa shape index (κ2) is 4.94. The van der Waals surface area contributed by atoms with Crippen molar-refractivity contribution < 1.29 is 9.59 Å². The third-order valence-corrected chi connectivity index (χ3v) is 5.31. The Labute approximate surface area is 126 Å². The van der Waals surface area contributed by atoms with Gasteiger partial charge in [-0.15, -0.1) is 0 Å². The summed E-state index contributed by atoms with van der Waals surface area (Å²) in [5, 5.41) is 0. The normalized spacial score (nSPS) is 32.6. The topological polar surface area (TPSA) is 34.1 Å². The summed E-state index contributed by atoms with van der Waals surface area (Å²) in [6.07, 6.45) is 5.11. The molecule has 0 amide bonds. The second-order valence-corrected chi connectivity index (χ2v) is 6.70. The first-order chi connectivity index (χ1) is 9.91. The van der Waals surface area contributed by atoms with Crippen LogP contribution in [0, 0.1) is 17.8 Å². The lowest BCUT2D eigenvalue weighted by Gasteiger charge is -2.39. The van der Waals surface area contributed by atoms with E-state index in [1.807, 2.05) is 6.92 Å². The van der Waals surface area contributed by atoms with E-state index in [4.69, 9.17) is 0 Å². The fourth-order valence-electron chi connectivity index (χ4n) is 4.25. The van der Waals surface area contributed by atoms with Crippen LogP contribution >= 0.6 is 0 Å². The highest BCUT2D eigenvalue weighted by atomic mass is 16.1. The third kappa shape index (κ3) is 2.08. The van der Waals surface area contributed by atoms with Crippen LogP contribution in [0.2, 0.25) is 0 Å². The summed E-state index contributed by atoms with van der Waals surface area (Å²) in [5.74, 6) is 0.746. The Balaban J connectivity index is 2.19. The fraction of sp³-hybridized carbons (Fsp3) is 0.474. The maximum Gasteiger partial charge on any atom is 0.184 e. The van der Waals surface area contributed by atoms with E-state index in [-0.39, 0.29) is 23.4 Å². The Morgan fingerprint density at radius 3 is 2.62 bits per heavy atom. The molecular weight excluding hydrogens is 260 g/mol. The lowest BCUT2D eigenvalue weighted by atomic mass is 9.65. The summed E-state index contributed by atoms with van der Waals surface area (Å²) in [5.41, 5.74) is 4.56. The molecule has 3 rings (SSSR count). The van der Waals surface area contributed by atoms with Gasteiger partial charge in [0, 0.05) is 23.5 Å². The largest absolute Gasteiger partial charge is 0.295 e. The van der Waals surface area contributed by atoms with Gasteiger partial charge in [0.25, 0.3) is 0 Å². The van der Waals surface area contributed by atoms with Gasteiger partial charge in [-0.25, -0.2) is 0 Å². The first-order valence-electron chi connectivity index (χ1n) is 7.74. The average Bonchev–Trinajstić information content (AvgIpc) is 2.74. The summed E-state index contributed by atoms with van der Waals surface area (Å²) < 4.78 is 0. The van der Waals surface area contributed by atoms with Gasteiger partial charge in [0.2, 0.25) is 0 Å². The first kappa shape index (κ1) is 14.2. The molecular formula is C19H22O2. The van der Waals surface area contributed by atoms with Gasteiger partial charge in [-0.2, -0.15) is 0 Å². The van der Waals surface area contributed by atoms with Crippen molar-refractivity contribution in [3.05, 3.63) is 47.1 Å². The maximum absolute atomic E-state index is 12.6. The number of carbonyl (C=O) groups excluding carboxylic acids is 2. The fourth-order valence-corrected chi connectivity index (χ4v) is 4.25. The van der Waals surface area contributed by atoms with Crippen LogP contribution in [-0.4, -0.2) is 11.6 Å². The van der Waals surface area contributed by atoms with E-state index in [1.54, 1.807) is 0 Å². The van der Waals surface area contributed by atoms with E-state index in [9.17, 15) is 9.59 Å². The molecule has 0 heterocycles. The van der Waals surface area contributed by atoms with Crippen LogP contribution in [0.15, 0.2) is 47.1 Å². The highest BCUT2D eigenvalue weighted by Crippen LogP contribution is 2.50. The molecule has 21 heavy (non-hydrogen) atoms. The average molecular weight is 282 g/mol. The van der Waals surface area contributed by atoms with Gasteiger partial charge >= 0.3 is 0 Å². The molecule has 110 valence electrons. The molecule has 2 nitrogen and oxygen atoms in total. The molecule has 2 unspecified atom stereocenters. The molecule has 3 atom stereocenters. The van der Waals surface area contributed by atoms with Gasteiger partial charge in [0.15, 0.2) is 11.6 Å². The van der Waals surface area contributed by atoms with E-state index in [2.05, 4.69) is 26.2 Å². The maximum atomic E-state index is 12.6. The number of fused-ring (bicyclic) bond motifs is 2. The lowest BCUT2D eigenvalue weighted by molar-refractivity contribution is -0.115. The zero-order valence-electron chi connectivity index (χ0n) is 12.9. The summed E-state index contributed by atoms with van der Waals surface area (Å²) in [6.45, 7) is 12.3. The summed E-state index contributed by atoms with van der Waals surface area (Å²) in [6, 6.07) is 0. The van der Waals surface area contributed by atoms with Crippen LogP contribution in [0.1, 0.15) is 39.5 Å². The highest BCUT2D eigenvalue weighted by molar-refractivity contribution is 6.16. The van der Waals surface area contributed by atoms with Crippen LogP contribution in [0.4, 0.5) is 0 Å². The van der Waals surface area contributed by atoms with Crippen molar-refractivity contribution in [1.29, 1.82) is 0 Å². The minimum Gasteiger partial charge on any atom is -0.295 e. The molecule has 0 spiro atoms. The SMILES string of the molecule is C=C(C)C1CCC(=C)C2C3=C(CCC3=O)C(=O)C(C)=C[C@H]12. The van der Waals surface area contributed by atoms with Gasteiger partial charge < -0.3 is 0 Å². The molecule has 1 fully saturated rings. The molecule has 1 saturated carbocycles. The molecule has 3 aliphatic rings. The van der Waals surface area contributed by atoms with Crippen LogP contribution in [0.3, 0.4) is 0 Å². The minimum absolute atomic E-state index is 0.0202. The Kier molecular flexibility index (Phi) is 3.35. The highest BCUT2D eigenvalue weighted by Gasteiger charge is 2.44. The number of hydrogen-bond donors (Lipinski definition) is 0. The summed E-state index contributed by atoms with van der Waals surface area (Å²) in [7, 11) is 0. The van der Waals surface area contributed by atoms with Crippen molar-refractivity contribution >= 4 is 11.6 Å². The van der Waals surface area contributed by atoms with Gasteiger partial charge in [0.1, 0.15) is 0 Å². The molecule has 0 aliphatic heterocycles. The number of ketones is 2. The van der Waals surface area contributed by atoms with Crippen LogP contribution in [0.5, 0.6) is 0 Å². The molecule has 0 saturated heterocycles. The zero-order chi connectivity index (χ0) is 15.3. The van der Waals surface area contributed by atoms with E-state index >= 15 is 0 Å².